The van der Waals surface area contributed by atoms with Crippen LogP contribution in [0.2, 0.25) is 0 Å². The number of ketones is 1. The van der Waals surface area contributed by atoms with E-state index in [9.17, 15) is 4.79 Å². The Kier molecular flexibility index (Phi) is 5.35. The zero-order valence-electron chi connectivity index (χ0n) is 9.14. The zero-order valence-corrected chi connectivity index (χ0v) is 9.14. The van der Waals surface area contributed by atoms with E-state index in [0.29, 0.717) is 6.42 Å². The van der Waals surface area contributed by atoms with Gasteiger partial charge >= 0.3 is 0 Å². The third-order valence-electron chi connectivity index (χ3n) is 2.59. The Labute approximate surface area is 86.8 Å². The van der Waals surface area contributed by atoms with Crippen molar-refractivity contribution in [2.75, 3.05) is 6.54 Å². The van der Waals surface area contributed by atoms with Gasteiger partial charge in [0.1, 0.15) is 0 Å². The van der Waals surface area contributed by atoms with Crippen LogP contribution in [-0.2, 0) is 4.79 Å². The summed E-state index contributed by atoms with van der Waals surface area (Å²) in [5.74, 6) is 0.288. The average Bonchev–Trinajstić information content (AvgIpc) is 2.43. The van der Waals surface area contributed by atoms with Crippen molar-refractivity contribution >= 4 is 5.78 Å². The van der Waals surface area contributed by atoms with Crippen molar-refractivity contribution in [3.63, 3.8) is 0 Å². The summed E-state index contributed by atoms with van der Waals surface area (Å²) in [6.07, 6.45) is 9.44. The number of carbonyl (C=O) groups is 1. The number of unbranched alkanes of at least 4 members (excludes halogenated alkanes) is 1. The summed E-state index contributed by atoms with van der Waals surface area (Å²) in [6, 6.07) is 0. The molecule has 0 saturated carbocycles. The molecule has 1 aliphatic heterocycles. The van der Waals surface area contributed by atoms with Crippen LogP contribution in [0.1, 0.15) is 51.9 Å². The van der Waals surface area contributed by atoms with Gasteiger partial charge in [-0.15, -0.1) is 0 Å². The van der Waals surface area contributed by atoms with E-state index in [4.69, 9.17) is 0 Å². The highest BCUT2D eigenvalue weighted by atomic mass is 16.1. The van der Waals surface area contributed by atoms with E-state index >= 15 is 0 Å². The Balaban J connectivity index is 2.36. The van der Waals surface area contributed by atoms with Crippen LogP contribution in [0.15, 0.2) is 11.8 Å². The van der Waals surface area contributed by atoms with Gasteiger partial charge in [0.2, 0.25) is 0 Å². The summed E-state index contributed by atoms with van der Waals surface area (Å²) >= 11 is 0. The minimum absolute atomic E-state index is 0.288. The summed E-state index contributed by atoms with van der Waals surface area (Å²) in [5.41, 5.74) is 1.16. The maximum Gasteiger partial charge on any atom is 0.157 e. The highest BCUT2D eigenvalue weighted by Crippen LogP contribution is 2.11. The fraction of sp³-hybridized carbons (Fsp3) is 0.750. The molecule has 0 aromatic carbocycles. The lowest BCUT2D eigenvalue weighted by Gasteiger charge is -2.04. The summed E-state index contributed by atoms with van der Waals surface area (Å²) in [6.45, 7) is 3.15. The molecule has 2 heteroatoms. The van der Waals surface area contributed by atoms with Crippen molar-refractivity contribution < 1.29 is 4.79 Å². The second-order valence-corrected chi connectivity index (χ2v) is 3.98. The van der Waals surface area contributed by atoms with Crippen LogP contribution < -0.4 is 5.32 Å². The van der Waals surface area contributed by atoms with Crippen LogP contribution in [0.4, 0.5) is 0 Å². The number of allylic oxidation sites excluding steroid dienone is 2. The van der Waals surface area contributed by atoms with E-state index in [1.807, 2.05) is 6.08 Å². The smallest absolute Gasteiger partial charge is 0.157 e. The summed E-state index contributed by atoms with van der Waals surface area (Å²) < 4.78 is 0. The maximum atomic E-state index is 11.5. The Morgan fingerprint density at radius 1 is 1.43 bits per heavy atom. The normalized spacial score (nSPS) is 20.2. The monoisotopic (exact) mass is 195 g/mol. The van der Waals surface area contributed by atoms with Gasteiger partial charge in [-0.1, -0.05) is 19.8 Å². The van der Waals surface area contributed by atoms with Crippen LogP contribution in [-0.4, -0.2) is 12.3 Å². The molecule has 0 unspecified atom stereocenters. The molecule has 0 bridgehead atoms. The molecule has 0 aliphatic carbocycles. The molecular formula is C12H21NO. The second-order valence-electron chi connectivity index (χ2n) is 3.98. The van der Waals surface area contributed by atoms with Crippen molar-refractivity contribution in [3.05, 3.63) is 11.8 Å². The number of nitrogens with one attached hydrogen (secondary N) is 1. The van der Waals surface area contributed by atoms with E-state index < -0.39 is 0 Å². The molecule has 80 valence electrons. The molecule has 0 aromatic rings. The number of carbonyl (C=O) groups excluding carboxylic acids is 1. The van der Waals surface area contributed by atoms with Gasteiger partial charge in [0.15, 0.2) is 5.78 Å². The third-order valence-corrected chi connectivity index (χ3v) is 2.59. The second kappa shape index (κ2) is 6.63. The molecule has 1 heterocycles. The van der Waals surface area contributed by atoms with Gasteiger partial charge < -0.3 is 5.32 Å². The van der Waals surface area contributed by atoms with Gasteiger partial charge in [0.25, 0.3) is 0 Å². The molecule has 0 aromatic heterocycles. The SMILES string of the molecule is CCCCC(=O)/C=C1/CCCCCN1. The topological polar surface area (TPSA) is 29.1 Å². The van der Waals surface area contributed by atoms with Gasteiger partial charge in [-0.05, 0) is 25.7 Å². The zero-order chi connectivity index (χ0) is 10.2. The van der Waals surface area contributed by atoms with Crippen LogP contribution in [0.3, 0.4) is 0 Å². The largest absolute Gasteiger partial charge is 0.388 e. The van der Waals surface area contributed by atoms with E-state index in [-0.39, 0.29) is 5.78 Å². The van der Waals surface area contributed by atoms with Gasteiger partial charge in [0.05, 0.1) is 0 Å². The van der Waals surface area contributed by atoms with Crippen LogP contribution in [0.25, 0.3) is 0 Å². The molecule has 1 aliphatic rings. The van der Waals surface area contributed by atoms with Crippen molar-refractivity contribution in [2.24, 2.45) is 0 Å². The van der Waals surface area contributed by atoms with E-state index in [2.05, 4.69) is 12.2 Å². The highest BCUT2D eigenvalue weighted by molar-refractivity contribution is 5.90. The van der Waals surface area contributed by atoms with Crippen molar-refractivity contribution in [3.8, 4) is 0 Å². The Morgan fingerprint density at radius 2 is 2.29 bits per heavy atom. The fourth-order valence-electron chi connectivity index (χ4n) is 1.70. The predicted octanol–water partition coefficient (Wildman–Crippen LogP) is 2.79. The third kappa shape index (κ3) is 4.45. The minimum Gasteiger partial charge on any atom is -0.388 e. The van der Waals surface area contributed by atoms with Crippen molar-refractivity contribution in [1.82, 2.24) is 5.32 Å². The molecule has 1 N–H and O–H groups in total. The first-order valence-electron chi connectivity index (χ1n) is 5.80. The molecule has 1 rings (SSSR count). The Bertz CT molecular complexity index is 198. The average molecular weight is 195 g/mol. The van der Waals surface area contributed by atoms with Gasteiger partial charge in [0, 0.05) is 24.7 Å². The van der Waals surface area contributed by atoms with Gasteiger partial charge in [-0.25, -0.2) is 0 Å². The number of hydrogen-bond acceptors (Lipinski definition) is 2. The molecule has 2 nitrogen and oxygen atoms in total. The van der Waals surface area contributed by atoms with Crippen LogP contribution in [0.5, 0.6) is 0 Å². The quantitative estimate of drug-likeness (QED) is 0.699. The first-order valence-corrected chi connectivity index (χ1v) is 5.80. The van der Waals surface area contributed by atoms with E-state index in [0.717, 1.165) is 31.5 Å². The standard InChI is InChI=1S/C12H21NO/c1-2-3-8-12(14)10-11-7-5-4-6-9-13-11/h10,13H,2-9H2,1H3/b11-10-. The van der Waals surface area contributed by atoms with E-state index in [1.165, 1.54) is 19.3 Å². The molecule has 1 fully saturated rings. The van der Waals surface area contributed by atoms with Crippen molar-refractivity contribution in [2.45, 2.75) is 51.9 Å². The molecule has 0 spiro atoms. The Morgan fingerprint density at radius 3 is 3.07 bits per heavy atom. The lowest BCUT2D eigenvalue weighted by Crippen LogP contribution is -2.13. The van der Waals surface area contributed by atoms with Crippen LogP contribution in [0, 0.1) is 0 Å². The summed E-state index contributed by atoms with van der Waals surface area (Å²) in [7, 11) is 0. The lowest BCUT2D eigenvalue weighted by atomic mass is 10.1. The van der Waals surface area contributed by atoms with Gasteiger partial charge in [-0.3, -0.25) is 4.79 Å². The fourth-order valence-corrected chi connectivity index (χ4v) is 1.70. The predicted molar refractivity (Wildman–Crippen MR) is 59.1 cm³/mol. The first-order chi connectivity index (χ1) is 6.83. The maximum absolute atomic E-state index is 11.5. The Hall–Kier alpha value is -0.790. The lowest BCUT2D eigenvalue weighted by molar-refractivity contribution is -0.114. The number of hydrogen-bond donors (Lipinski definition) is 1. The molecule has 14 heavy (non-hydrogen) atoms. The van der Waals surface area contributed by atoms with E-state index in [1.54, 1.807) is 0 Å². The van der Waals surface area contributed by atoms with Gasteiger partial charge in [-0.2, -0.15) is 0 Å². The molecular weight excluding hydrogens is 174 g/mol. The van der Waals surface area contributed by atoms with Crippen LogP contribution >= 0.6 is 0 Å². The minimum atomic E-state index is 0.288. The molecule has 0 amide bonds. The van der Waals surface area contributed by atoms with Crippen molar-refractivity contribution in [1.29, 1.82) is 0 Å². The first kappa shape index (κ1) is 11.3. The molecule has 0 atom stereocenters. The number of rotatable bonds is 4. The summed E-state index contributed by atoms with van der Waals surface area (Å²) in [5, 5.41) is 3.33. The molecule has 1 saturated heterocycles. The molecule has 0 radical (unpaired) electrons. The highest BCUT2D eigenvalue weighted by Gasteiger charge is 2.05. The summed E-state index contributed by atoms with van der Waals surface area (Å²) in [4.78, 5) is 11.5.